The lowest BCUT2D eigenvalue weighted by Gasteiger charge is -2.38. The van der Waals surface area contributed by atoms with Crippen molar-refractivity contribution in [1.29, 1.82) is 0 Å². The van der Waals surface area contributed by atoms with Crippen LogP contribution in [0.5, 0.6) is 0 Å². The summed E-state index contributed by atoms with van der Waals surface area (Å²) in [6, 6.07) is 0.272. The number of carbonyl (C=O) groups is 1. The van der Waals surface area contributed by atoms with Crippen LogP contribution in [-0.2, 0) is 14.3 Å². The Morgan fingerprint density at radius 1 is 1.44 bits per heavy atom. The lowest BCUT2D eigenvalue weighted by molar-refractivity contribution is -0.147. The summed E-state index contributed by atoms with van der Waals surface area (Å²) in [5.74, 6) is -0.140. The van der Waals surface area contributed by atoms with Crippen LogP contribution < -0.4 is 5.32 Å². The van der Waals surface area contributed by atoms with Gasteiger partial charge in [-0.1, -0.05) is 6.42 Å². The van der Waals surface area contributed by atoms with Crippen LogP contribution >= 0.6 is 0 Å². The van der Waals surface area contributed by atoms with E-state index < -0.39 is 0 Å². The Balaban J connectivity index is 2.43. The predicted octanol–water partition coefficient (Wildman–Crippen LogP) is 0.638. The van der Waals surface area contributed by atoms with Gasteiger partial charge in [0.05, 0.1) is 13.7 Å². The van der Waals surface area contributed by atoms with Crippen LogP contribution in [0, 0.1) is 0 Å². The van der Waals surface area contributed by atoms with E-state index in [0.717, 1.165) is 39.1 Å². The molecule has 0 aromatic heterocycles. The standard InChI is InChI=1S/C13H26N2O3/c1-11(13(16)18-3)15-8-5-4-6-12(15)10-14-7-9-17-2/h11-12,14H,4-10H2,1-3H3. The maximum Gasteiger partial charge on any atom is 0.322 e. The lowest BCUT2D eigenvalue weighted by Crippen LogP contribution is -2.52. The number of likely N-dealkylation sites (tertiary alicyclic amines) is 1. The van der Waals surface area contributed by atoms with Crippen molar-refractivity contribution >= 4 is 5.97 Å². The van der Waals surface area contributed by atoms with E-state index in [-0.39, 0.29) is 12.0 Å². The van der Waals surface area contributed by atoms with E-state index >= 15 is 0 Å². The highest BCUT2D eigenvalue weighted by molar-refractivity contribution is 5.75. The van der Waals surface area contributed by atoms with Crippen LogP contribution in [0.4, 0.5) is 0 Å². The van der Waals surface area contributed by atoms with E-state index in [4.69, 9.17) is 9.47 Å². The Labute approximate surface area is 110 Å². The monoisotopic (exact) mass is 258 g/mol. The summed E-state index contributed by atoms with van der Waals surface area (Å²) in [5.41, 5.74) is 0. The number of nitrogens with one attached hydrogen (secondary N) is 1. The first-order valence-electron chi connectivity index (χ1n) is 6.74. The third kappa shape index (κ3) is 4.55. The summed E-state index contributed by atoms with van der Waals surface area (Å²) < 4.78 is 9.85. The van der Waals surface area contributed by atoms with Gasteiger partial charge >= 0.3 is 5.97 Å². The van der Waals surface area contributed by atoms with Crippen molar-refractivity contribution in [3.8, 4) is 0 Å². The topological polar surface area (TPSA) is 50.8 Å². The molecular weight excluding hydrogens is 232 g/mol. The minimum absolute atomic E-state index is 0.140. The fourth-order valence-corrected chi connectivity index (χ4v) is 2.50. The van der Waals surface area contributed by atoms with E-state index in [1.165, 1.54) is 13.5 Å². The third-order valence-corrected chi connectivity index (χ3v) is 3.58. The minimum atomic E-state index is -0.149. The Morgan fingerprint density at radius 2 is 2.22 bits per heavy atom. The molecule has 5 heteroatoms. The average Bonchev–Trinajstić information content (AvgIpc) is 2.42. The predicted molar refractivity (Wildman–Crippen MR) is 70.6 cm³/mol. The highest BCUT2D eigenvalue weighted by atomic mass is 16.5. The van der Waals surface area contributed by atoms with Gasteiger partial charge in [0.2, 0.25) is 0 Å². The number of piperidine rings is 1. The molecule has 1 fully saturated rings. The quantitative estimate of drug-likeness (QED) is 0.536. The number of nitrogens with zero attached hydrogens (tertiary/aromatic N) is 1. The van der Waals surface area contributed by atoms with Crippen LogP contribution in [0.2, 0.25) is 0 Å². The second kappa shape index (κ2) is 8.45. The molecule has 0 spiro atoms. The lowest BCUT2D eigenvalue weighted by atomic mass is 10.00. The van der Waals surface area contributed by atoms with E-state index in [2.05, 4.69) is 10.2 Å². The molecule has 18 heavy (non-hydrogen) atoms. The summed E-state index contributed by atoms with van der Waals surface area (Å²) in [5, 5.41) is 3.38. The highest BCUT2D eigenvalue weighted by Gasteiger charge is 2.30. The molecule has 1 heterocycles. The van der Waals surface area contributed by atoms with Crippen LogP contribution in [0.1, 0.15) is 26.2 Å². The van der Waals surface area contributed by atoms with Gasteiger partial charge in [-0.3, -0.25) is 9.69 Å². The number of esters is 1. The highest BCUT2D eigenvalue weighted by Crippen LogP contribution is 2.19. The van der Waals surface area contributed by atoms with E-state index in [1.807, 2.05) is 6.92 Å². The summed E-state index contributed by atoms with van der Waals surface area (Å²) in [6.45, 7) is 5.39. The molecule has 1 saturated heterocycles. The first-order chi connectivity index (χ1) is 8.70. The average molecular weight is 258 g/mol. The maximum atomic E-state index is 11.6. The molecule has 2 atom stereocenters. The molecule has 1 aliphatic heterocycles. The van der Waals surface area contributed by atoms with Gasteiger partial charge in [0.15, 0.2) is 0 Å². The number of methoxy groups -OCH3 is 2. The van der Waals surface area contributed by atoms with Crippen molar-refractivity contribution in [2.24, 2.45) is 0 Å². The summed E-state index contributed by atoms with van der Waals surface area (Å²) in [4.78, 5) is 13.9. The summed E-state index contributed by atoms with van der Waals surface area (Å²) in [7, 11) is 3.16. The number of rotatable bonds is 7. The molecule has 2 unspecified atom stereocenters. The van der Waals surface area contributed by atoms with Gasteiger partial charge in [0.25, 0.3) is 0 Å². The van der Waals surface area contributed by atoms with Gasteiger partial charge in [0, 0.05) is 26.2 Å². The Kier molecular flexibility index (Phi) is 7.23. The maximum absolute atomic E-state index is 11.6. The van der Waals surface area contributed by atoms with Crippen molar-refractivity contribution in [1.82, 2.24) is 10.2 Å². The van der Waals surface area contributed by atoms with Crippen molar-refractivity contribution in [3.63, 3.8) is 0 Å². The van der Waals surface area contributed by atoms with Gasteiger partial charge in [-0.25, -0.2) is 0 Å². The second-order valence-electron chi connectivity index (χ2n) is 4.78. The molecule has 0 saturated carbocycles. The molecule has 1 aliphatic rings. The van der Waals surface area contributed by atoms with Crippen molar-refractivity contribution < 1.29 is 14.3 Å². The molecule has 5 nitrogen and oxygen atoms in total. The molecule has 1 N–H and O–H groups in total. The molecule has 0 bridgehead atoms. The molecule has 0 amide bonds. The van der Waals surface area contributed by atoms with E-state index in [9.17, 15) is 4.79 Å². The smallest absolute Gasteiger partial charge is 0.322 e. The SMILES string of the molecule is COCCNCC1CCCCN1C(C)C(=O)OC. The molecule has 0 aromatic carbocycles. The van der Waals surface area contributed by atoms with Gasteiger partial charge in [0.1, 0.15) is 6.04 Å². The fraction of sp³-hybridized carbons (Fsp3) is 0.923. The van der Waals surface area contributed by atoms with Gasteiger partial charge in [-0.05, 0) is 26.3 Å². The molecule has 0 aliphatic carbocycles. The minimum Gasteiger partial charge on any atom is -0.468 e. The molecule has 1 rings (SSSR count). The van der Waals surface area contributed by atoms with E-state index in [0.29, 0.717) is 6.04 Å². The first kappa shape index (κ1) is 15.4. The Morgan fingerprint density at radius 3 is 2.89 bits per heavy atom. The zero-order chi connectivity index (χ0) is 13.4. The molecule has 0 radical (unpaired) electrons. The van der Waals surface area contributed by atoms with Crippen LogP contribution in [0.15, 0.2) is 0 Å². The van der Waals surface area contributed by atoms with Crippen molar-refractivity contribution in [2.45, 2.75) is 38.3 Å². The molecule has 106 valence electrons. The number of hydrogen-bond donors (Lipinski definition) is 1. The molecule has 0 aromatic rings. The van der Waals surface area contributed by atoms with Crippen molar-refractivity contribution in [2.75, 3.05) is 40.5 Å². The zero-order valence-electron chi connectivity index (χ0n) is 11.8. The molecular formula is C13H26N2O3. The zero-order valence-corrected chi connectivity index (χ0v) is 11.8. The fourth-order valence-electron chi connectivity index (χ4n) is 2.50. The number of ether oxygens (including phenoxy) is 2. The van der Waals surface area contributed by atoms with Gasteiger partial charge in [-0.15, -0.1) is 0 Å². The van der Waals surface area contributed by atoms with Crippen molar-refractivity contribution in [3.05, 3.63) is 0 Å². The normalized spacial score (nSPS) is 22.7. The van der Waals surface area contributed by atoms with Gasteiger partial charge in [-0.2, -0.15) is 0 Å². The largest absolute Gasteiger partial charge is 0.468 e. The van der Waals surface area contributed by atoms with Crippen LogP contribution in [0.25, 0.3) is 0 Å². The second-order valence-corrected chi connectivity index (χ2v) is 4.78. The Bertz CT molecular complexity index is 248. The number of carbonyl (C=O) groups excluding carboxylic acids is 1. The Hall–Kier alpha value is -0.650. The third-order valence-electron chi connectivity index (χ3n) is 3.58. The van der Waals surface area contributed by atoms with Gasteiger partial charge < -0.3 is 14.8 Å². The summed E-state index contributed by atoms with van der Waals surface area (Å²) in [6.07, 6.45) is 3.54. The van der Waals surface area contributed by atoms with Crippen LogP contribution in [-0.4, -0.2) is 63.4 Å². The number of hydrogen-bond acceptors (Lipinski definition) is 5. The van der Waals surface area contributed by atoms with Crippen LogP contribution in [0.3, 0.4) is 0 Å². The first-order valence-corrected chi connectivity index (χ1v) is 6.74. The van der Waals surface area contributed by atoms with E-state index in [1.54, 1.807) is 7.11 Å². The summed E-state index contributed by atoms with van der Waals surface area (Å²) >= 11 is 0.